The van der Waals surface area contributed by atoms with Gasteiger partial charge in [-0.05, 0) is 55.9 Å². The summed E-state index contributed by atoms with van der Waals surface area (Å²) in [6.07, 6.45) is 7.60. The second-order valence-corrected chi connectivity index (χ2v) is 6.88. The molecule has 2 aliphatic rings. The van der Waals surface area contributed by atoms with E-state index < -0.39 is 0 Å². The summed E-state index contributed by atoms with van der Waals surface area (Å²) in [5, 5.41) is 0.758. The largest absolute Gasteiger partial charge is 0.369 e. The van der Waals surface area contributed by atoms with Gasteiger partial charge in [0.1, 0.15) is 0 Å². The van der Waals surface area contributed by atoms with Crippen LogP contribution in [0.4, 0.5) is 5.69 Å². The molecule has 3 rings (SSSR count). The molecule has 21 heavy (non-hydrogen) atoms. The Morgan fingerprint density at radius 3 is 2.57 bits per heavy atom. The Morgan fingerprint density at radius 1 is 1.29 bits per heavy atom. The number of benzene rings is 1. The standard InChI is InChI=1S/C17H24ClN3/c1-2-3-13-8-10-17(11-9-13)12-20-16(19)21(17)15-6-4-14(18)5-7-15/h4-7,13H,2-3,8-12H2,1H3,(H2,19,20). The van der Waals surface area contributed by atoms with Crippen molar-refractivity contribution < 1.29 is 0 Å². The molecular formula is C17H24ClN3. The molecule has 1 heterocycles. The van der Waals surface area contributed by atoms with Crippen molar-refractivity contribution in [2.75, 3.05) is 11.4 Å². The van der Waals surface area contributed by atoms with Crippen LogP contribution in [-0.2, 0) is 0 Å². The molecule has 1 aromatic carbocycles. The lowest BCUT2D eigenvalue weighted by molar-refractivity contribution is 0.238. The van der Waals surface area contributed by atoms with Crippen LogP contribution in [0.2, 0.25) is 5.02 Å². The number of hydrogen-bond acceptors (Lipinski definition) is 3. The smallest absolute Gasteiger partial charge is 0.196 e. The van der Waals surface area contributed by atoms with Crippen molar-refractivity contribution in [2.45, 2.75) is 51.0 Å². The molecule has 2 N–H and O–H groups in total. The first-order valence-electron chi connectivity index (χ1n) is 8.00. The maximum Gasteiger partial charge on any atom is 0.196 e. The van der Waals surface area contributed by atoms with Gasteiger partial charge in [0.25, 0.3) is 0 Å². The first kappa shape index (κ1) is 14.7. The molecule has 3 nitrogen and oxygen atoms in total. The Morgan fingerprint density at radius 2 is 1.95 bits per heavy atom. The quantitative estimate of drug-likeness (QED) is 0.909. The summed E-state index contributed by atoms with van der Waals surface area (Å²) >= 11 is 6.01. The van der Waals surface area contributed by atoms with Crippen molar-refractivity contribution in [2.24, 2.45) is 16.6 Å². The first-order chi connectivity index (χ1) is 10.1. The minimum atomic E-state index is 0.0994. The summed E-state index contributed by atoms with van der Waals surface area (Å²) < 4.78 is 0. The zero-order chi connectivity index (χ0) is 14.9. The van der Waals surface area contributed by atoms with Crippen molar-refractivity contribution in [3.8, 4) is 0 Å². The van der Waals surface area contributed by atoms with Crippen molar-refractivity contribution in [1.29, 1.82) is 0 Å². The normalized spacial score (nSPS) is 29.0. The molecule has 0 aromatic heterocycles. The van der Waals surface area contributed by atoms with E-state index in [1.165, 1.54) is 38.5 Å². The zero-order valence-corrected chi connectivity index (χ0v) is 13.4. The fraction of sp³-hybridized carbons (Fsp3) is 0.588. The Balaban J connectivity index is 1.81. The number of guanidine groups is 1. The summed E-state index contributed by atoms with van der Waals surface area (Å²) in [5.41, 5.74) is 7.41. The predicted octanol–water partition coefficient (Wildman–Crippen LogP) is 4.20. The number of halogens is 1. The van der Waals surface area contributed by atoms with Gasteiger partial charge in [0.2, 0.25) is 0 Å². The summed E-state index contributed by atoms with van der Waals surface area (Å²) in [6.45, 7) is 3.11. The highest BCUT2D eigenvalue weighted by molar-refractivity contribution is 6.30. The average molecular weight is 306 g/mol. The van der Waals surface area contributed by atoms with Crippen LogP contribution < -0.4 is 10.6 Å². The topological polar surface area (TPSA) is 41.6 Å². The van der Waals surface area contributed by atoms with Crippen LogP contribution in [0.25, 0.3) is 0 Å². The Hall–Kier alpha value is -1.22. The van der Waals surface area contributed by atoms with E-state index in [4.69, 9.17) is 17.3 Å². The maximum absolute atomic E-state index is 6.19. The van der Waals surface area contributed by atoms with Gasteiger partial charge in [0.15, 0.2) is 5.96 Å². The van der Waals surface area contributed by atoms with Crippen LogP contribution in [-0.4, -0.2) is 18.0 Å². The van der Waals surface area contributed by atoms with Crippen LogP contribution >= 0.6 is 11.6 Å². The lowest BCUT2D eigenvalue weighted by Crippen LogP contribution is -2.53. The molecule has 0 unspecified atom stereocenters. The molecule has 114 valence electrons. The van der Waals surface area contributed by atoms with E-state index in [-0.39, 0.29) is 5.54 Å². The SMILES string of the molecule is CCCC1CCC2(CC1)CN=C(N)N2c1ccc(Cl)cc1. The van der Waals surface area contributed by atoms with Crippen molar-refractivity contribution in [3.63, 3.8) is 0 Å². The lowest BCUT2D eigenvalue weighted by atomic mass is 9.74. The van der Waals surface area contributed by atoms with Gasteiger partial charge in [0, 0.05) is 10.7 Å². The molecule has 4 heteroatoms. The monoisotopic (exact) mass is 305 g/mol. The van der Waals surface area contributed by atoms with E-state index in [0.717, 1.165) is 23.2 Å². The first-order valence-corrected chi connectivity index (χ1v) is 8.38. The van der Waals surface area contributed by atoms with Crippen LogP contribution in [0.1, 0.15) is 45.4 Å². The van der Waals surface area contributed by atoms with Crippen LogP contribution in [0.5, 0.6) is 0 Å². The van der Waals surface area contributed by atoms with Gasteiger partial charge in [0.05, 0.1) is 12.1 Å². The summed E-state index contributed by atoms with van der Waals surface area (Å²) in [4.78, 5) is 6.81. The number of hydrogen-bond donors (Lipinski definition) is 1. The van der Waals surface area contributed by atoms with Crippen LogP contribution in [0, 0.1) is 5.92 Å². The van der Waals surface area contributed by atoms with Crippen molar-refractivity contribution in [1.82, 2.24) is 0 Å². The van der Waals surface area contributed by atoms with Gasteiger partial charge in [-0.15, -0.1) is 0 Å². The Bertz CT molecular complexity index is 515. The van der Waals surface area contributed by atoms with E-state index in [1.54, 1.807) is 0 Å². The molecular weight excluding hydrogens is 282 g/mol. The van der Waals surface area contributed by atoms with E-state index in [2.05, 4.69) is 28.9 Å². The molecule has 1 aliphatic carbocycles. The van der Waals surface area contributed by atoms with Gasteiger partial charge in [-0.1, -0.05) is 31.4 Å². The summed E-state index contributed by atoms with van der Waals surface area (Å²) in [6, 6.07) is 7.96. The summed E-state index contributed by atoms with van der Waals surface area (Å²) in [5.74, 6) is 1.54. The third kappa shape index (κ3) is 2.76. The molecule has 0 atom stereocenters. The number of aliphatic imine (C=N–C) groups is 1. The molecule has 1 aliphatic heterocycles. The predicted molar refractivity (Wildman–Crippen MR) is 90.0 cm³/mol. The fourth-order valence-corrected chi connectivity index (χ4v) is 4.03. The molecule has 1 fully saturated rings. The van der Waals surface area contributed by atoms with Crippen LogP contribution in [0.3, 0.4) is 0 Å². The Kier molecular flexibility index (Phi) is 4.12. The highest BCUT2D eigenvalue weighted by atomic mass is 35.5. The van der Waals surface area contributed by atoms with Crippen molar-refractivity contribution in [3.05, 3.63) is 29.3 Å². The van der Waals surface area contributed by atoms with Gasteiger partial charge in [-0.2, -0.15) is 0 Å². The van der Waals surface area contributed by atoms with Gasteiger partial charge in [-0.25, -0.2) is 0 Å². The highest BCUT2D eigenvalue weighted by Crippen LogP contribution is 2.42. The molecule has 0 saturated heterocycles. The second-order valence-electron chi connectivity index (χ2n) is 6.44. The minimum absolute atomic E-state index is 0.0994. The number of rotatable bonds is 3. The molecule has 1 saturated carbocycles. The van der Waals surface area contributed by atoms with Gasteiger partial charge in [-0.3, -0.25) is 4.99 Å². The van der Waals surface area contributed by atoms with E-state index in [9.17, 15) is 0 Å². The molecule has 0 bridgehead atoms. The number of nitrogens with zero attached hydrogens (tertiary/aromatic N) is 2. The number of anilines is 1. The summed E-state index contributed by atoms with van der Waals surface area (Å²) in [7, 11) is 0. The minimum Gasteiger partial charge on any atom is -0.369 e. The zero-order valence-electron chi connectivity index (χ0n) is 12.7. The molecule has 0 radical (unpaired) electrons. The highest BCUT2D eigenvalue weighted by Gasteiger charge is 2.45. The van der Waals surface area contributed by atoms with E-state index >= 15 is 0 Å². The third-order valence-electron chi connectivity index (χ3n) is 5.06. The number of nitrogens with two attached hydrogens (primary N) is 1. The van der Waals surface area contributed by atoms with Crippen molar-refractivity contribution >= 4 is 23.2 Å². The van der Waals surface area contributed by atoms with Crippen LogP contribution in [0.15, 0.2) is 29.3 Å². The molecule has 0 amide bonds. The Labute approximate surface area is 132 Å². The average Bonchev–Trinajstić information content (AvgIpc) is 2.80. The lowest BCUT2D eigenvalue weighted by Gasteiger charge is -2.44. The van der Waals surface area contributed by atoms with Gasteiger partial charge < -0.3 is 10.6 Å². The van der Waals surface area contributed by atoms with E-state index in [1.807, 2.05) is 12.1 Å². The van der Waals surface area contributed by atoms with Gasteiger partial charge >= 0.3 is 0 Å². The fourth-order valence-electron chi connectivity index (χ4n) is 3.90. The third-order valence-corrected chi connectivity index (χ3v) is 5.31. The maximum atomic E-state index is 6.19. The van der Waals surface area contributed by atoms with E-state index in [0.29, 0.717) is 5.96 Å². The second kappa shape index (κ2) is 5.88. The molecule has 1 aromatic rings. The molecule has 1 spiro atoms.